The molecule has 1 saturated heterocycles. The lowest BCUT2D eigenvalue weighted by molar-refractivity contribution is -0.384. The second kappa shape index (κ2) is 5.81. The van der Waals surface area contributed by atoms with Gasteiger partial charge in [0.25, 0.3) is 5.69 Å². The lowest BCUT2D eigenvalue weighted by atomic mass is 10.1. The average Bonchev–Trinajstić information content (AvgIpc) is 2.38. The first-order chi connectivity index (χ1) is 9.38. The van der Waals surface area contributed by atoms with E-state index in [0.29, 0.717) is 6.54 Å². The van der Waals surface area contributed by atoms with E-state index in [9.17, 15) is 22.9 Å². The number of nitro groups is 1. The van der Waals surface area contributed by atoms with Crippen LogP contribution in [0.3, 0.4) is 0 Å². The summed E-state index contributed by atoms with van der Waals surface area (Å²) in [7, 11) is -3.81. The molecule has 0 saturated carbocycles. The van der Waals surface area contributed by atoms with Gasteiger partial charge in [0.1, 0.15) is 6.17 Å². The second-order valence-corrected chi connectivity index (χ2v) is 6.27. The van der Waals surface area contributed by atoms with Gasteiger partial charge in [0.15, 0.2) is 0 Å². The third kappa shape index (κ3) is 3.50. The Morgan fingerprint density at radius 3 is 2.50 bits per heavy atom. The third-order valence-corrected chi connectivity index (χ3v) is 4.51. The maximum absolute atomic E-state index is 13.2. The molecule has 7 nitrogen and oxygen atoms in total. The van der Waals surface area contributed by atoms with Crippen molar-refractivity contribution in [1.82, 2.24) is 10.0 Å². The quantitative estimate of drug-likeness (QED) is 0.625. The number of piperidine rings is 1. The Bertz CT molecular complexity index is 590. The molecule has 0 amide bonds. The standard InChI is InChI=1S/C11H14FN3O4S/c12-8-5-9(7-13-6-8)14-20(18,19)11-3-1-10(2-4-11)15(16)17/h1-4,8-9,13-14H,5-7H2/t8-,9-/m0/s1. The molecule has 2 rings (SSSR count). The van der Waals surface area contributed by atoms with Crippen molar-refractivity contribution >= 4 is 15.7 Å². The summed E-state index contributed by atoms with van der Waals surface area (Å²) in [6, 6.07) is 4.02. The maximum atomic E-state index is 13.2. The highest BCUT2D eigenvalue weighted by molar-refractivity contribution is 7.89. The molecule has 0 aliphatic carbocycles. The van der Waals surface area contributed by atoms with Crippen molar-refractivity contribution in [3.63, 3.8) is 0 Å². The summed E-state index contributed by atoms with van der Waals surface area (Å²) in [6.07, 6.45) is -0.979. The molecule has 0 aromatic heterocycles. The zero-order valence-corrected chi connectivity index (χ0v) is 11.3. The Kier molecular flexibility index (Phi) is 4.31. The number of non-ortho nitro benzene ring substituents is 1. The zero-order chi connectivity index (χ0) is 14.8. The Balaban J connectivity index is 2.11. The van der Waals surface area contributed by atoms with Gasteiger partial charge in [-0.25, -0.2) is 17.5 Å². The van der Waals surface area contributed by atoms with Crippen LogP contribution in [-0.2, 0) is 10.0 Å². The van der Waals surface area contributed by atoms with Crippen LogP contribution in [0.2, 0.25) is 0 Å². The van der Waals surface area contributed by atoms with E-state index < -0.39 is 27.2 Å². The number of halogens is 1. The van der Waals surface area contributed by atoms with E-state index in [2.05, 4.69) is 10.0 Å². The van der Waals surface area contributed by atoms with E-state index in [1.54, 1.807) is 0 Å². The first kappa shape index (κ1) is 14.8. The molecule has 2 atom stereocenters. The maximum Gasteiger partial charge on any atom is 0.269 e. The number of sulfonamides is 1. The van der Waals surface area contributed by atoms with E-state index in [4.69, 9.17) is 0 Å². The summed E-state index contributed by atoms with van der Waals surface area (Å²) in [4.78, 5) is 9.82. The summed E-state index contributed by atoms with van der Waals surface area (Å²) in [5.74, 6) is 0. The van der Waals surface area contributed by atoms with Crippen LogP contribution in [0.5, 0.6) is 0 Å². The minimum Gasteiger partial charge on any atom is -0.312 e. The monoisotopic (exact) mass is 303 g/mol. The molecule has 0 bridgehead atoms. The first-order valence-electron chi connectivity index (χ1n) is 6.00. The van der Waals surface area contributed by atoms with Gasteiger partial charge in [-0.15, -0.1) is 0 Å². The van der Waals surface area contributed by atoms with Gasteiger partial charge in [0.2, 0.25) is 10.0 Å². The largest absolute Gasteiger partial charge is 0.312 e. The number of rotatable bonds is 4. The van der Waals surface area contributed by atoms with E-state index in [1.165, 1.54) is 0 Å². The fraction of sp³-hybridized carbons (Fsp3) is 0.455. The smallest absolute Gasteiger partial charge is 0.269 e. The van der Waals surface area contributed by atoms with Gasteiger partial charge in [-0.2, -0.15) is 0 Å². The number of nitrogens with zero attached hydrogens (tertiary/aromatic N) is 1. The molecular formula is C11H14FN3O4S. The molecule has 110 valence electrons. The number of nitro benzene ring substituents is 1. The van der Waals surface area contributed by atoms with Gasteiger partial charge >= 0.3 is 0 Å². The molecule has 0 unspecified atom stereocenters. The summed E-state index contributed by atoms with van der Waals surface area (Å²) >= 11 is 0. The predicted molar refractivity (Wildman–Crippen MR) is 69.6 cm³/mol. The second-order valence-electron chi connectivity index (χ2n) is 4.56. The van der Waals surface area contributed by atoms with Gasteiger partial charge < -0.3 is 5.32 Å². The van der Waals surface area contributed by atoms with Crippen molar-refractivity contribution in [2.24, 2.45) is 0 Å². The van der Waals surface area contributed by atoms with E-state index >= 15 is 0 Å². The molecule has 1 aliphatic rings. The van der Waals surface area contributed by atoms with Crippen LogP contribution in [0.4, 0.5) is 10.1 Å². The van der Waals surface area contributed by atoms with Gasteiger partial charge in [-0.3, -0.25) is 10.1 Å². The van der Waals surface area contributed by atoms with Crippen molar-refractivity contribution in [3.8, 4) is 0 Å². The topological polar surface area (TPSA) is 101 Å². The highest BCUT2D eigenvalue weighted by Crippen LogP contribution is 2.17. The first-order valence-corrected chi connectivity index (χ1v) is 7.48. The van der Waals surface area contributed by atoms with Gasteiger partial charge in [0.05, 0.1) is 9.82 Å². The van der Waals surface area contributed by atoms with Crippen LogP contribution in [0.15, 0.2) is 29.2 Å². The van der Waals surface area contributed by atoms with Crippen molar-refractivity contribution < 1.29 is 17.7 Å². The molecule has 2 N–H and O–H groups in total. The molecule has 1 aromatic rings. The number of benzene rings is 1. The van der Waals surface area contributed by atoms with Crippen LogP contribution in [0.1, 0.15) is 6.42 Å². The fourth-order valence-electron chi connectivity index (χ4n) is 2.01. The van der Waals surface area contributed by atoms with Crippen molar-refractivity contribution in [3.05, 3.63) is 34.4 Å². The van der Waals surface area contributed by atoms with Crippen LogP contribution >= 0.6 is 0 Å². The van der Waals surface area contributed by atoms with Gasteiger partial charge in [0, 0.05) is 31.3 Å². The lowest BCUT2D eigenvalue weighted by Gasteiger charge is -2.26. The minimum atomic E-state index is -3.81. The highest BCUT2D eigenvalue weighted by Gasteiger charge is 2.26. The zero-order valence-electron chi connectivity index (χ0n) is 10.5. The average molecular weight is 303 g/mol. The van der Waals surface area contributed by atoms with Gasteiger partial charge in [-0.05, 0) is 18.6 Å². The molecular weight excluding hydrogens is 289 g/mol. The third-order valence-electron chi connectivity index (χ3n) is 2.98. The SMILES string of the molecule is O=[N+]([O-])c1ccc(S(=O)(=O)N[C@@H]2CNC[C@@H](F)C2)cc1. The van der Waals surface area contributed by atoms with Crippen LogP contribution in [0, 0.1) is 10.1 Å². The van der Waals surface area contributed by atoms with Gasteiger partial charge in [-0.1, -0.05) is 0 Å². The fourth-order valence-corrected chi connectivity index (χ4v) is 3.26. The summed E-state index contributed by atoms with van der Waals surface area (Å²) in [5, 5.41) is 13.3. The van der Waals surface area contributed by atoms with Crippen LogP contribution in [-0.4, -0.2) is 38.6 Å². The normalized spacial score (nSPS) is 23.4. The number of hydrogen-bond acceptors (Lipinski definition) is 5. The van der Waals surface area contributed by atoms with Crippen LogP contribution < -0.4 is 10.0 Å². The Hall–Kier alpha value is -1.58. The summed E-state index contributed by atoms with van der Waals surface area (Å²) in [5.41, 5.74) is -0.188. The molecule has 0 spiro atoms. The Morgan fingerprint density at radius 2 is 1.95 bits per heavy atom. The number of alkyl halides is 1. The highest BCUT2D eigenvalue weighted by atomic mass is 32.2. The van der Waals surface area contributed by atoms with Crippen molar-refractivity contribution in [2.75, 3.05) is 13.1 Å². The van der Waals surface area contributed by atoms with E-state index in [0.717, 1.165) is 24.3 Å². The molecule has 1 aromatic carbocycles. The summed E-state index contributed by atoms with van der Waals surface area (Å²) < 4.78 is 39.7. The Labute approximate surface area is 115 Å². The summed E-state index contributed by atoms with van der Waals surface area (Å²) in [6.45, 7) is 0.572. The molecule has 9 heteroatoms. The molecule has 1 aliphatic heterocycles. The Morgan fingerprint density at radius 1 is 1.30 bits per heavy atom. The molecule has 20 heavy (non-hydrogen) atoms. The predicted octanol–water partition coefficient (Wildman–Crippen LogP) is 0.573. The molecule has 1 heterocycles. The number of nitrogens with one attached hydrogen (secondary N) is 2. The van der Waals surface area contributed by atoms with E-state index in [1.807, 2.05) is 0 Å². The molecule has 1 fully saturated rings. The minimum absolute atomic E-state index is 0.0796. The van der Waals surface area contributed by atoms with Crippen molar-refractivity contribution in [2.45, 2.75) is 23.5 Å². The van der Waals surface area contributed by atoms with Crippen molar-refractivity contribution in [1.29, 1.82) is 0 Å². The van der Waals surface area contributed by atoms with Crippen LogP contribution in [0.25, 0.3) is 0 Å². The number of hydrogen-bond donors (Lipinski definition) is 2. The molecule has 0 radical (unpaired) electrons. The van der Waals surface area contributed by atoms with E-state index in [-0.39, 0.29) is 23.5 Å². The lowest BCUT2D eigenvalue weighted by Crippen LogP contribution is -2.49.